The van der Waals surface area contributed by atoms with Gasteiger partial charge in [0.25, 0.3) is 0 Å². The van der Waals surface area contributed by atoms with Gasteiger partial charge in [-0.15, -0.1) is 0 Å². The van der Waals surface area contributed by atoms with E-state index in [2.05, 4.69) is 20.1 Å². The number of morpholine rings is 1. The van der Waals surface area contributed by atoms with Gasteiger partial charge >= 0.3 is 0 Å². The highest BCUT2D eigenvalue weighted by Crippen LogP contribution is 2.06. The van der Waals surface area contributed by atoms with E-state index in [9.17, 15) is 0 Å². The monoisotopic (exact) mass is 270 g/mol. The molecule has 1 N–H and O–H groups in total. The first-order valence-electron chi connectivity index (χ1n) is 7.12. The molecule has 6 nitrogen and oxygen atoms in total. The number of rotatable bonds is 5. The van der Waals surface area contributed by atoms with E-state index in [0.29, 0.717) is 6.61 Å². The number of nitrogens with zero attached hydrogens (tertiary/aromatic N) is 3. The van der Waals surface area contributed by atoms with Crippen molar-refractivity contribution in [2.24, 2.45) is 4.99 Å². The van der Waals surface area contributed by atoms with E-state index in [1.165, 1.54) is 19.5 Å². The molecule has 0 amide bonds. The summed E-state index contributed by atoms with van der Waals surface area (Å²) >= 11 is 0. The average Bonchev–Trinajstić information content (AvgIpc) is 2.37. The van der Waals surface area contributed by atoms with Crippen molar-refractivity contribution in [1.29, 1.82) is 0 Å². The number of aliphatic imine (C=N–C) groups is 1. The summed E-state index contributed by atoms with van der Waals surface area (Å²) < 4.78 is 10.8. The van der Waals surface area contributed by atoms with E-state index < -0.39 is 0 Å². The molecule has 0 aromatic heterocycles. The second-order valence-corrected chi connectivity index (χ2v) is 5.06. The highest BCUT2D eigenvalue weighted by molar-refractivity contribution is 5.80. The van der Waals surface area contributed by atoms with Crippen LogP contribution in [-0.4, -0.2) is 88.5 Å². The Balaban J connectivity index is 1.72. The third-order valence-corrected chi connectivity index (χ3v) is 3.66. The Morgan fingerprint density at radius 1 is 1.42 bits per heavy atom. The van der Waals surface area contributed by atoms with Crippen LogP contribution >= 0.6 is 0 Å². The van der Waals surface area contributed by atoms with Crippen LogP contribution < -0.4 is 5.32 Å². The number of guanidine groups is 1. The van der Waals surface area contributed by atoms with Crippen molar-refractivity contribution in [3.63, 3.8) is 0 Å². The lowest BCUT2D eigenvalue weighted by Crippen LogP contribution is -2.52. The molecule has 0 aromatic rings. The minimum absolute atomic E-state index is 0.146. The molecule has 2 saturated heterocycles. The minimum atomic E-state index is 0.146. The van der Waals surface area contributed by atoms with Crippen LogP contribution in [0.5, 0.6) is 0 Å². The van der Waals surface area contributed by atoms with E-state index in [4.69, 9.17) is 9.47 Å². The maximum atomic E-state index is 5.65. The van der Waals surface area contributed by atoms with E-state index >= 15 is 0 Å². The predicted molar refractivity (Wildman–Crippen MR) is 75.6 cm³/mol. The molecule has 0 bridgehead atoms. The summed E-state index contributed by atoms with van der Waals surface area (Å²) in [4.78, 5) is 9.07. The first kappa shape index (κ1) is 14.6. The van der Waals surface area contributed by atoms with Gasteiger partial charge in [-0.2, -0.15) is 0 Å². The van der Waals surface area contributed by atoms with Gasteiger partial charge in [0.1, 0.15) is 0 Å². The zero-order valence-corrected chi connectivity index (χ0v) is 12.1. The lowest BCUT2D eigenvalue weighted by Gasteiger charge is -2.35. The van der Waals surface area contributed by atoms with Gasteiger partial charge in [0.2, 0.25) is 0 Å². The quantitative estimate of drug-likeness (QED) is 0.545. The molecule has 0 radical (unpaired) electrons. The van der Waals surface area contributed by atoms with E-state index in [1.54, 1.807) is 7.11 Å². The maximum absolute atomic E-state index is 5.65. The standard InChI is InChI=1S/C13H26N4O2/c1-14-13(15-4-7-16-5-3-6-16)17-8-9-19-12(10-17)11-18-2/h12H,3-11H2,1-2H3,(H,14,15). The molecule has 2 aliphatic rings. The molecule has 0 aromatic carbocycles. The molecule has 0 aliphatic carbocycles. The predicted octanol–water partition coefficient (Wildman–Crippen LogP) is -0.385. The molecule has 6 heteroatoms. The number of nitrogens with one attached hydrogen (secondary N) is 1. The lowest BCUT2D eigenvalue weighted by atomic mass is 10.2. The van der Waals surface area contributed by atoms with Gasteiger partial charge in [-0.1, -0.05) is 0 Å². The third kappa shape index (κ3) is 4.33. The van der Waals surface area contributed by atoms with Gasteiger partial charge in [-0.05, 0) is 19.5 Å². The second-order valence-electron chi connectivity index (χ2n) is 5.06. The summed E-state index contributed by atoms with van der Waals surface area (Å²) in [5.74, 6) is 0.977. The van der Waals surface area contributed by atoms with Crippen molar-refractivity contribution >= 4 is 5.96 Å². The first-order chi connectivity index (χ1) is 9.33. The van der Waals surface area contributed by atoms with Crippen LogP contribution in [0.15, 0.2) is 4.99 Å². The van der Waals surface area contributed by atoms with Gasteiger partial charge in [-0.25, -0.2) is 0 Å². The summed E-state index contributed by atoms with van der Waals surface area (Å²) in [5, 5.41) is 3.44. The summed E-state index contributed by atoms with van der Waals surface area (Å²) in [6, 6.07) is 0. The number of methoxy groups -OCH3 is 1. The van der Waals surface area contributed by atoms with E-state index in [1.807, 2.05) is 7.05 Å². The smallest absolute Gasteiger partial charge is 0.193 e. The molecule has 1 unspecified atom stereocenters. The molecule has 0 saturated carbocycles. The first-order valence-corrected chi connectivity index (χ1v) is 7.12. The van der Waals surface area contributed by atoms with Crippen molar-refractivity contribution in [2.45, 2.75) is 12.5 Å². The normalized spacial score (nSPS) is 25.3. The number of ether oxygens (including phenoxy) is 2. The summed E-state index contributed by atoms with van der Waals surface area (Å²) in [6.07, 6.45) is 1.49. The van der Waals surface area contributed by atoms with E-state index in [0.717, 1.165) is 38.7 Å². The van der Waals surface area contributed by atoms with Crippen LogP contribution in [0.2, 0.25) is 0 Å². The fourth-order valence-electron chi connectivity index (χ4n) is 2.46. The van der Waals surface area contributed by atoms with E-state index in [-0.39, 0.29) is 6.10 Å². The number of hydrogen-bond acceptors (Lipinski definition) is 4. The highest BCUT2D eigenvalue weighted by atomic mass is 16.5. The molecular formula is C13H26N4O2. The van der Waals surface area contributed by atoms with Crippen LogP contribution in [-0.2, 0) is 9.47 Å². The summed E-state index contributed by atoms with van der Waals surface area (Å²) in [6.45, 7) is 7.66. The maximum Gasteiger partial charge on any atom is 0.193 e. The molecule has 0 spiro atoms. The van der Waals surface area contributed by atoms with Crippen LogP contribution in [0.4, 0.5) is 0 Å². The molecule has 1 atom stereocenters. The zero-order valence-electron chi connectivity index (χ0n) is 12.1. The molecular weight excluding hydrogens is 244 g/mol. The summed E-state index contributed by atoms with van der Waals surface area (Å²) in [7, 11) is 3.55. The molecule has 110 valence electrons. The fourth-order valence-corrected chi connectivity index (χ4v) is 2.46. The zero-order chi connectivity index (χ0) is 13.5. The van der Waals surface area contributed by atoms with Crippen LogP contribution in [0.1, 0.15) is 6.42 Å². The molecule has 19 heavy (non-hydrogen) atoms. The highest BCUT2D eigenvalue weighted by Gasteiger charge is 2.22. The van der Waals surface area contributed by atoms with Gasteiger partial charge in [0.15, 0.2) is 5.96 Å². The Kier molecular flexibility index (Phi) is 5.88. The van der Waals surface area contributed by atoms with Gasteiger partial charge in [0.05, 0.1) is 19.3 Å². The van der Waals surface area contributed by atoms with Crippen LogP contribution in [0, 0.1) is 0 Å². The van der Waals surface area contributed by atoms with Gasteiger partial charge in [0, 0.05) is 40.3 Å². The van der Waals surface area contributed by atoms with Crippen LogP contribution in [0.25, 0.3) is 0 Å². The van der Waals surface area contributed by atoms with Crippen molar-refractivity contribution < 1.29 is 9.47 Å². The second kappa shape index (κ2) is 7.67. The molecule has 2 heterocycles. The Morgan fingerprint density at radius 3 is 2.89 bits per heavy atom. The van der Waals surface area contributed by atoms with Crippen molar-refractivity contribution in [3.05, 3.63) is 0 Å². The van der Waals surface area contributed by atoms with Crippen molar-refractivity contribution in [1.82, 2.24) is 15.1 Å². The van der Waals surface area contributed by atoms with Crippen molar-refractivity contribution in [2.75, 3.05) is 66.6 Å². The molecule has 2 rings (SSSR count). The topological polar surface area (TPSA) is 49.3 Å². The third-order valence-electron chi connectivity index (χ3n) is 3.66. The minimum Gasteiger partial charge on any atom is -0.382 e. The summed E-state index contributed by atoms with van der Waals surface area (Å²) in [5.41, 5.74) is 0. The van der Waals surface area contributed by atoms with Gasteiger partial charge in [-0.3, -0.25) is 4.99 Å². The van der Waals surface area contributed by atoms with Gasteiger partial charge < -0.3 is 24.6 Å². The number of hydrogen-bond donors (Lipinski definition) is 1. The Labute approximate surface area is 115 Å². The molecule has 2 aliphatic heterocycles. The fraction of sp³-hybridized carbons (Fsp3) is 0.923. The average molecular weight is 270 g/mol. The van der Waals surface area contributed by atoms with Crippen molar-refractivity contribution in [3.8, 4) is 0 Å². The Morgan fingerprint density at radius 2 is 2.26 bits per heavy atom. The Bertz CT molecular complexity index is 292. The largest absolute Gasteiger partial charge is 0.382 e. The lowest BCUT2D eigenvalue weighted by molar-refractivity contribution is -0.0447. The SMILES string of the molecule is CN=C(NCCN1CCC1)N1CCOC(COC)C1. The van der Waals surface area contributed by atoms with Crippen LogP contribution in [0.3, 0.4) is 0 Å². The molecule has 2 fully saturated rings. The number of likely N-dealkylation sites (tertiary alicyclic amines) is 1. The Hall–Kier alpha value is -0.850.